The Morgan fingerprint density at radius 1 is 0.611 bits per heavy atom. The minimum Gasteiger partial charge on any atom is -0.505 e. The molecule has 36 heavy (non-hydrogen) atoms. The Hall–Kier alpha value is -4.67. The van der Waals surface area contributed by atoms with Crippen LogP contribution in [-0.2, 0) is 10.1 Å². The van der Waals surface area contributed by atoms with Crippen LogP contribution in [0.15, 0.2) is 116 Å². The highest BCUT2D eigenvalue weighted by molar-refractivity contribution is 7.86. The van der Waals surface area contributed by atoms with Gasteiger partial charge in [-0.1, -0.05) is 48.5 Å². The highest BCUT2D eigenvalue weighted by Gasteiger charge is 2.19. The van der Waals surface area contributed by atoms with E-state index in [1.807, 2.05) is 24.3 Å². The lowest BCUT2D eigenvalue weighted by atomic mass is 10.1. The van der Waals surface area contributed by atoms with Gasteiger partial charge in [-0.2, -0.15) is 18.6 Å². The van der Waals surface area contributed by atoms with Gasteiger partial charge in [0.05, 0.1) is 17.1 Å². The van der Waals surface area contributed by atoms with E-state index in [1.54, 1.807) is 48.5 Å². The molecule has 0 aliphatic carbocycles. The molecule has 0 aromatic heterocycles. The van der Waals surface area contributed by atoms with Crippen molar-refractivity contribution in [2.45, 2.75) is 4.90 Å². The number of hydrogen-bond donors (Lipinski definition) is 3. The van der Waals surface area contributed by atoms with Gasteiger partial charge in [-0.15, -0.1) is 10.2 Å². The molecule has 5 aromatic carbocycles. The summed E-state index contributed by atoms with van der Waals surface area (Å²) < 4.78 is 33.3. The van der Waals surface area contributed by atoms with Gasteiger partial charge in [0.15, 0.2) is 5.75 Å². The van der Waals surface area contributed by atoms with Crippen molar-refractivity contribution in [2.24, 2.45) is 20.5 Å². The number of phenolic OH excluding ortho intramolecular Hbond substituents is 1. The van der Waals surface area contributed by atoms with Gasteiger partial charge in [-0.3, -0.25) is 4.55 Å². The number of fused-ring (bicyclic) bond motifs is 2. The number of phenols is 1. The van der Waals surface area contributed by atoms with E-state index in [4.69, 9.17) is 5.73 Å². The first-order chi connectivity index (χ1) is 17.3. The predicted octanol–water partition coefficient (Wildman–Crippen LogP) is 7.36. The van der Waals surface area contributed by atoms with Gasteiger partial charge in [-0.25, -0.2) is 0 Å². The Kier molecular flexibility index (Phi) is 5.88. The maximum Gasteiger partial charge on any atom is 0.295 e. The van der Waals surface area contributed by atoms with Crippen molar-refractivity contribution in [3.8, 4) is 5.75 Å². The lowest BCUT2D eigenvalue weighted by molar-refractivity contribution is 0.480. The highest BCUT2D eigenvalue weighted by Crippen LogP contribution is 2.39. The maximum absolute atomic E-state index is 11.9. The average molecular weight is 498 g/mol. The minimum absolute atomic E-state index is 0.0969. The summed E-state index contributed by atoms with van der Waals surface area (Å²) in [7, 11) is -4.55. The number of aromatic hydroxyl groups is 1. The monoisotopic (exact) mass is 497 g/mol. The fraction of sp³-hybridized carbons (Fsp3) is 0. The van der Waals surface area contributed by atoms with Crippen molar-refractivity contribution < 1.29 is 18.1 Å². The van der Waals surface area contributed by atoms with Crippen LogP contribution in [0.2, 0.25) is 0 Å². The summed E-state index contributed by atoms with van der Waals surface area (Å²) in [6.45, 7) is 0. The molecule has 0 atom stereocenters. The summed E-state index contributed by atoms with van der Waals surface area (Å²) in [5, 5.41) is 29.5. The third-order valence-corrected chi connectivity index (χ3v) is 6.46. The van der Waals surface area contributed by atoms with E-state index in [0.717, 1.165) is 16.8 Å². The molecule has 0 aliphatic rings. The lowest BCUT2D eigenvalue weighted by Crippen LogP contribution is -1.99. The zero-order valence-corrected chi connectivity index (χ0v) is 19.5. The van der Waals surface area contributed by atoms with Gasteiger partial charge >= 0.3 is 0 Å². The molecule has 0 fully saturated rings. The van der Waals surface area contributed by atoms with Crippen LogP contribution in [-0.4, -0.2) is 18.1 Å². The number of nitrogens with zero attached hydrogens (tertiary/aromatic N) is 4. The van der Waals surface area contributed by atoms with E-state index in [-0.39, 0.29) is 27.1 Å². The van der Waals surface area contributed by atoms with Crippen molar-refractivity contribution in [1.82, 2.24) is 0 Å². The topological polar surface area (TPSA) is 150 Å². The molecule has 0 saturated carbocycles. The van der Waals surface area contributed by atoms with Crippen LogP contribution in [0.5, 0.6) is 5.75 Å². The van der Waals surface area contributed by atoms with E-state index >= 15 is 0 Å². The molecule has 0 aliphatic heterocycles. The number of rotatable bonds is 5. The molecule has 0 heterocycles. The molecule has 5 aromatic rings. The summed E-state index contributed by atoms with van der Waals surface area (Å²) in [6, 6.07) is 25.3. The van der Waals surface area contributed by atoms with Crippen LogP contribution in [0, 0.1) is 0 Å². The number of nitrogens with two attached hydrogens (primary N) is 1. The second-order valence-corrected chi connectivity index (χ2v) is 9.29. The largest absolute Gasteiger partial charge is 0.505 e. The normalized spacial score (nSPS) is 12.2. The van der Waals surface area contributed by atoms with Crippen molar-refractivity contribution >= 4 is 60.1 Å². The molecule has 4 N–H and O–H groups in total. The minimum atomic E-state index is -4.55. The number of anilines is 1. The molecule has 10 heteroatoms. The van der Waals surface area contributed by atoms with Gasteiger partial charge in [0.1, 0.15) is 10.6 Å². The second-order valence-electron chi connectivity index (χ2n) is 7.90. The zero-order valence-electron chi connectivity index (χ0n) is 18.6. The summed E-state index contributed by atoms with van der Waals surface area (Å²) in [5.74, 6) is -0.247. The van der Waals surface area contributed by atoms with Crippen LogP contribution in [0.1, 0.15) is 0 Å². The third kappa shape index (κ3) is 4.50. The highest BCUT2D eigenvalue weighted by atomic mass is 32.2. The molecule has 5 rings (SSSR count). The van der Waals surface area contributed by atoms with E-state index in [0.29, 0.717) is 22.7 Å². The van der Waals surface area contributed by atoms with E-state index in [1.165, 1.54) is 12.1 Å². The first kappa shape index (κ1) is 23.1. The predicted molar refractivity (Wildman–Crippen MR) is 139 cm³/mol. The van der Waals surface area contributed by atoms with Gasteiger partial charge in [-0.05, 0) is 42.5 Å². The van der Waals surface area contributed by atoms with Crippen LogP contribution in [0.4, 0.5) is 28.4 Å². The van der Waals surface area contributed by atoms with Gasteiger partial charge in [0, 0.05) is 27.2 Å². The van der Waals surface area contributed by atoms with Crippen molar-refractivity contribution in [2.75, 3.05) is 5.73 Å². The Labute approximate surface area is 206 Å². The lowest BCUT2D eigenvalue weighted by Gasteiger charge is -2.08. The first-order valence-corrected chi connectivity index (χ1v) is 12.2. The Morgan fingerprint density at radius 2 is 1.14 bits per heavy atom. The smallest absolute Gasteiger partial charge is 0.295 e. The molecular formula is C26H19N5O4S. The molecule has 0 amide bonds. The SMILES string of the molecule is Nc1ccc(N=Nc2ccc(N=Nc3cc(S(=O)(=O)O)c4ccccc4c3O)cc2)c2ccccc12. The van der Waals surface area contributed by atoms with Gasteiger partial charge in [0.25, 0.3) is 10.1 Å². The molecule has 9 nitrogen and oxygen atoms in total. The van der Waals surface area contributed by atoms with Gasteiger partial charge < -0.3 is 10.8 Å². The van der Waals surface area contributed by atoms with Crippen molar-refractivity contribution in [3.63, 3.8) is 0 Å². The quantitative estimate of drug-likeness (QED) is 0.132. The maximum atomic E-state index is 11.9. The van der Waals surface area contributed by atoms with Crippen LogP contribution < -0.4 is 5.73 Å². The average Bonchev–Trinajstić information content (AvgIpc) is 2.88. The number of nitrogen functional groups attached to an aromatic ring is 1. The Bertz CT molecular complexity index is 1780. The Morgan fingerprint density at radius 3 is 1.75 bits per heavy atom. The van der Waals surface area contributed by atoms with E-state index in [9.17, 15) is 18.1 Å². The van der Waals surface area contributed by atoms with Crippen molar-refractivity contribution in [3.05, 3.63) is 91.0 Å². The van der Waals surface area contributed by atoms with Crippen LogP contribution >= 0.6 is 0 Å². The van der Waals surface area contributed by atoms with Crippen LogP contribution in [0.25, 0.3) is 21.5 Å². The number of hydrogen-bond acceptors (Lipinski definition) is 8. The van der Waals surface area contributed by atoms with Crippen LogP contribution in [0.3, 0.4) is 0 Å². The van der Waals surface area contributed by atoms with Gasteiger partial charge in [0.2, 0.25) is 0 Å². The molecule has 0 bridgehead atoms. The van der Waals surface area contributed by atoms with E-state index in [2.05, 4.69) is 20.5 Å². The summed E-state index contributed by atoms with van der Waals surface area (Å²) in [4.78, 5) is -0.365. The number of benzene rings is 5. The fourth-order valence-electron chi connectivity index (χ4n) is 3.81. The fourth-order valence-corrected chi connectivity index (χ4v) is 4.52. The first-order valence-electron chi connectivity index (χ1n) is 10.7. The van der Waals surface area contributed by atoms with E-state index < -0.39 is 10.1 Å². The molecule has 178 valence electrons. The third-order valence-electron chi connectivity index (χ3n) is 5.57. The number of azo groups is 2. The molecule has 0 radical (unpaired) electrons. The summed E-state index contributed by atoms with van der Waals surface area (Å²) in [6.07, 6.45) is 0. The summed E-state index contributed by atoms with van der Waals surface area (Å²) >= 11 is 0. The molecule has 0 saturated heterocycles. The molecule has 0 unspecified atom stereocenters. The molecular weight excluding hydrogens is 478 g/mol. The standard InChI is InChI=1S/C26H19N5O4S/c27-22-13-14-23(19-6-2-1-5-18(19)22)30-28-16-9-11-17(12-10-16)29-31-24-15-25(36(33,34)35)20-7-3-4-8-21(20)26(24)32/h1-15,32H,27H2,(H,33,34,35). The summed E-state index contributed by atoms with van der Waals surface area (Å²) in [5.41, 5.74) is 8.31. The van der Waals surface area contributed by atoms with Crippen molar-refractivity contribution in [1.29, 1.82) is 0 Å². The zero-order chi connectivity index (χ0) is 25.3. The second kappa shape index (κ2) is 9.17. The Balaban J connectivity index is 1.42. The molecule has 0 spiro atoms.